The zero-order valence-electron chi connectivity index (χ0n) is 12.3. The van der Waals surface area contributed by atoms with E-state index in [1.54, 1.807) is 11.6 Å². The summed E-state index contributed by atoms with van der Waals surface area (Å²) in [6.45, 7) is 1.32. The van der Waals surface area contributed by atoms with Crippen LogP contribution < -0.4 is 4.90 Å². The predicted molar refractivity (Wildman–Crippen MR) is 75.2 cm³/mol. The first-order valence-electron chi connectivity index (χ1n) is 7.19. The molecule has 2 heterocycles. The number of ether oxygens (including phenoxy) is 2. The van der Waals surface area contributed by atoms with Crippen molar-refractivity contribution in [3.8, 4) is 0 Å². The second-order valence-corrected chi connectivity index (χ2v) is 5.71. The highest BCUT2D eigenvalue weighted by molar-refractivity contribution is 5.54. The van der Waals surface area contributed by atoms with Crippen molar-refractivity contribution in [3.63, 3.8) is 0 Å². The van der Waals surface area contributed by atoms with E-state index >= 15 is 0 Å². The standard InChI is InChI=1S/C13H20N4O4/c1-15-9-14-11(17(18)19)12(15)16(2)10-3-5-13(6-4-10)20-7-8-21-13/h9-10H,3-8H2,1-2H3. The quantitative estimate of drug-likeness (QED) is 0.620. The molecule has 1 saturated carbocycles. The zero-order chi connectivity index (χ0) is 15.0. The molecule has 0 aromatic carbocycles. The summed E-state index contributed by atoms with van der Waals surface area (Å²) >= 11 is 0. The monoisotopic (exact) mass is 296 g/mol. The zero-order valence-corrected chi connectivity index (χ0v) is 12.3. The molecule has 2 fully saturated rings. The van der Waals surface area contributed by atoms with Crippen LogP contribution in [0, 0.1) is 10.1 Å². The van der Waals surface area contributed by atoms with Gasteiger partial charge in [0, 0.05) is 33.0 Å². The molecule has 1 aromatic heterocycles. The van der Waals surface area contributed by atoms with Gasteiger partial charge in [-0.3, -0.25) is 4.57 Å². The van der Waals surface area contributed by atoms with E-state index in [2.05, 4.69) is 4.98 Å². The lowest BCUT2D eigenvalue weighted by molar-refractivity contribution is -0.388. The molecule has 1 aliphatic heterocycles. The summed E-state index contributed by atoms with van der Waals surface area (Å²) in [5.74, 6) is 0.0540. The fourth-order valence-electron chi connectivity index (χ4n) is 3.34. The molecule has 0 N–H and O–H groups in total. The highest BCUT2D eigenvalue weighted by Crippen LogP contribution is 2.39. The maximum atomic E-state index is 11.1. The molecule has 0 unspecified atom stereocenters. The molecule has 2 aliphatic rings. The molecule has 0 bridgehead atoms. The Bertz CT molecular complexity index is 528. The third-order valence-corrected chi connectivity index (χ3v) is 4.47. The number of aryl methyl sites for hydroxylation is 1. The first-order chi connectivity index (χ1) is 10.0. The average Bonchev–Trinajstić information content (AvgIpc) is 3.06. The molecule has 8 heteroatoms. The Balaban J connectivity index is 1.73. The van der Waals surface area contributed by atoms with Gasteiger partial charge in [0.05, 0.1) is 13.2 Å². The largest absolute Gasteiger partial charge is 0.406 e. The summed E-state index contributed by atoms with van der Waals surface area (Å²) in [6.07, 6.45) is 4.91. The van der Waals surface area contributed by atoms with E-state index in [0.29, 0.717) is 19.0 Å². The lowest BCUT2D eigenvalue weighted by atomic mass is 9.89. The van der Waals surface area contributed by atoms with Gasteiger partial charge in [-0.05, 0) is 22.7 Å². The van der Waals surface area contributed by atoms with Crippen LogP contribution >= 0.6 is 0 Å². The SMILES string of the molecule is CN(c1c([N+](=O)[O-])ncn1C)C1CCC2(CC1)OCCO2. The van der Waals surface area contributed by atoms with E-state index < -0.39 is 10.7 Å². The fraction of sp³-hybridized carbons (Fsp3) is 0.769. The predicted octanol–water partition coefficient (Wildman–Crippen LogP) is 1.45. The first kappa shape index (κ1) is 14.3. The molecule has 1 saturated heterocycles. The summed E-state index contributed by atoms with van der Waals surface area (Å²) in [4.78, 5) is 16.5. The van der Waals surface area contributed by atoms with Crippen molar-refractivity contribution in [3.05, 3.63) is 16.4 Å². The Kier molecular flexibility index (Phi) is 3.58. The molecular formula is C13H20N4O4. The number of nitrogens with zero attached hydrogens (tertiary/aromatic N) is 4. The number of nitro groups is 1. The normalized spacial score (nSPS) is 21.8. The Morgan fingerprint density at radius 2 is 2.05 bits per heavy atom. The van der Waals surface area contributed by atoms with Crippen LogP contribution in [0.1, 0.15) is 25.7 Å². The first-order valence-corrected chi connectivity index (χ1v) is 7.19. The van der Waals surface area contributed by atoms with Gasteiger partial charge in [-0.2, -0.15) is 0 Å². The molecule has 0 radical (unpaired) electrons. The Labute approximate surface area is 122 Å². The van der Waals surface area contributed by atoms with E-state index in [-0.39, 0.29) is 11.9 Å². The number of imidazole rings is 1. The number of anilines is 1. The molecule has 116 valence electrons. The van der Waals surface area contributed by atoms with Gasteiger partial charge >= 0.3 is 5.82 Å². The molecule has 1 aromatic rings. The number of hydrogen-bond donors (Lipinski definition) is 0. The Hall–Kier alpha value is -1.67. The number of aromatic nitrogens is 2. The van der Waals surface area contributed by atoms with Crippen LogP contribution in [0.3, 0.4) is 0 Å². The van der Waals surface area contributed by atoms with Crippen molar-refractivity contribution >= 4 is 11.6 Å². The van der Waals surface area contributed by atoms with Crippen molar-refractivity contribution < 1.29 is 14.4 Å². The third kappa shape index (κ3) is 2.49. The minimum atomic E-state index is -0.431. The van der Waals surface area contributed by atoms with Crippen LogP contribution in [0.5, 0.6) is 0 Å². The molecule has 0 atom stereocenters. The summed E-state index contributed by atoms with van der Waals surface area (Å²) in [5, 5.41) is 11.1. The van der Waals surface area contributed by atoms with Crippen LogP contribution in [-0.2, 0) is 16.5 Å². The Morgan fingerprint density at radius 1 is 1.43 bits per heavy atom. The molecule has 3 rings (SSSR count). The maximum absolute atomic E-state index is 11.1. The molecule has 1 spiro atoms. The van der Waals surface area contributed by atoms with Crippen molar-refractivity contribution in [1.82, 2.24) is 9.55 Å². The van der Waals surface area contributed by atoms with Gasteiger partial charge in [0.25, 0.3) is 0 Å². The van der Waals surface area contributed by atoms with Crippen LogP contribution in [0.4, 0.5) is 11.6 Å². The average molecular weight is 296 g/mol. The van der Waals surface area contributed by atoms with Crippen LogP contribution in [0.2, 0.25) is 0 Å². The van der Waals surface area contributed by atoms with Crippen LogP contribution in [0.15, 0.2) is 6.33 Å². The maximum Gasteiger partial charge on any atom is 0.406 e. The fourth-order valence-corrected chi connectivity index (χ4v) is 3.34. The van der Waals surface area contributed by atoms with Gasteiger partial charge in [0.2, 0.25) is 12.1 Å². The van der Waals surface area contributed by atoms with Crippen molar-refractivity contribution in [2.75, 3.05) is 25.2 Å². The van der Waals surface area contributed by atoms with Gasteiger partial charge in [-0.1, -0.05) is 0 Å². The highest BCUT2D eigenvalue weighted by atomic mass is 16.7. The summed E-state index contributed by atoms with van der Waals surface area (Å²) in [5.41, 5.74) is 0. The van der Waals surface area contributed by atoms with Crippen molar-refractivity contribution in [2.45, 2.75) is 37.5 Å². The van der Waals surface area contributed by atoms with Gasteiger partial charge < -0.3 is 24.5 Å². The Morgan fingerprint density at radius 3 is 2.62 bits per heavy atom. The van der Waals surface area contributed by atoms with Gasteiger partial charge in [-0.15, -0.1) is 0 Å². The van der Waals surface area contributed by atoms with Crippen LogP contribution in [-0.4, -0.2) is 46.6 Å². The van der Waals surface area contributed by atoms with Crippen molar-refractivity contribution in [1.29, 1.82) is 0 Å². The van der Waals surface area contributed by atoms with E-state index in [0.717, 1.165) is 25.7 Å². The van der Waals surface area contributed by atoms with E-state index in [1.807, 2.05) is 11.9 Å². The second-order valence-electron chi connectivity index (χ2n) is 5.71. The second kappa shape index (κ2) is 5.27. The van der Waals surface area contributed by atoms with Crippen molar-refractivity contribution in [2.24, 2.45) is 7.05 Å². The van der Waals surface area contributed by atoms with E-state index in [1.165, 1.54) is 6.33 Å². The molecular weight excluding hydrogens is 276 g/mol. The van der Waals surface area contributed by atoms with Gasteiger partial charge in [0.1, 0.15) is 0 Å². The molecule has 21 heavy (non-hydrogen) atoms. The van der Waals surface area contributed by atoms with Gasteiger partial charge in [-0.25, -0.2) is 0 Å². The van der Waals surface area contributed by atoms with Gasteiger partial charge in [0.15, 0.2) is 5.79 Å². The lowest BCUT2D eigenvalue weighted by Gasteiger charge is -2.39. The third-order valence-electron chi connectivity index (χ3n) is 4.47. The molecule has 8 nitrogen and oxygen atoms in total. The topological polar surface area (TPSA) is 82.7 Å². The molecule has 0 amide bonds. The highest BCUT2D eigenvalue weighted by Gasteiger charge is 2.42. The minimum absolute atomic E-state index is 0.0892. The smallest absolute Gasteiger partial charge is 0.358 e. The summed E-state index contributed by atoms with van der Waals surface area (Å²) < 4.78 is 13.1. The molecule has 1 aliphatic carbocycles. The van der Waals surface area contributed by atoms with Crippen LogP contribution in [0.25, 0.3) is 0 Å². The number of hydrogen-bond acceptors (Lipinski definition) is 6. The lowest BCUT2D eigenvalue weighted by Crippen LogP contribution is -2.43. The van der Waals surface area contributed by atoms with E-state index in [9.17, 15) is 10.1 Å². The van der Waals surface area contributed by atoms with E-state index in [4.69, 9.17) is 9.47 Å². The number of rotatable bonds is 3. The summed E-state index contributed by atoms with van der Waals surface area (Å²) in [6, 6.07) is 0.234. The summed E-state index contributed by atoms with van der Waals surface area (Å²) in [7, 11) is 3.67. The minimum Gasteiger partial charge on any atom is -0.358 e.